The predicted molar refractivity (Wildman–Crippen MR) is 78.6 cm³/mol. The summed E-state index contributed by atoms with van der Waals surface area (Å²) in [6.07, 6.45) is 0. The Morgan fingerprint density at radius 2 is 1.47 bits per heavy atom. The lowest BCUT2D eigenvalue weighted by molar-refractivity contribution is 0.352. The van der Waals surface area contributed by atoms with E-state index in [2.05, 4.69) is 53.5 Å². The Kier molecular flexibility index (Phi) is 5.65. The fraction of sp³-hybridized carbons (Fsp3) is 1.00. The number of hydrogen-bond donors (Lipinski definition) is 0. The third kappa shape index (κ3) is 11.0. The first kappa shape index (κ1) is 15.7. The van der Waals surface area contributed by atoms with Crippen molar-refractivity contribution in [2.24, 2.45) is 5.41 Å². The molecule has 1 nitrogen and oxygen atoms in total. The van der Waals surface area contributed by atoms with E-state index in [1.54, 1.807) is 0 Å². The topological polar surface area (TPSA) is 9.23 Å². The van der Waals surface area contributed by atoms with Gasteiger partial charge in [0.25, 0.3) is 0 Å². The first-order valence-electron chi connectivity index (χ1n) is 5.69. The van der Waals surface area contributed by atoms with Gasteiger partial charge in [-0.05, 0) is 24.6 Å². The SMILES string of the molecule is CC(C)(C)C[Si](C)(C)OCS[Si](C)(C)C. The summed E-state index contributed by atoms with van der Waals surface area (Å²) in [5.41, 5.74) is 0.402. The van der Waals surface area contributed by atoms with E-state index >= 15 is 0 Å². The molecule has 0 saturated carbocycles. The van der Waals surface area contributed by atoms with Gasteiger partial charge < -0.3 is 4.43 Å². The van der Waals surface area contributed by atoms with Gasteiger partial charge in [0.1, 0.15) is 7.22 Å². The minimum absolute atomic E-state index is 0.402. The molecule has 0 saturated heterocycles. The second kappa shape index (κ2) is 5.38. The molecular formula is C11H28OSSi2. The van der Waals surface area contributed by atoms with Crippen molar-refractivity contribution in [3.8, 4) is 0 Å². The maximum atomic E-state index is 6.12. The Morgan fingerprint density at radius 3 is 1.80 bits per heavy atom. The molecule has 0 aliphatic rings. The standard InChI is InChI=1S/C11H28OSSi2/c1-11(2,3)9-15(7,8)12-10-13-14(4,5)6/h9-10H2,1-8H3. The Labute approximate surface area is 102 Å². The molecule has 0 N–H and O–H groups in total. The van der Waals surface area contributed by atoms with Crippen LogP contribution in [0.1, 0.15) is 20.8 Å². The molecule has 0 bridgehead atoms. The maximum Gasteiger partial charge on any atom is 0.188 e. The van der Waals surface area contributed by atoms with Crippen LogP contribution in [0.25, 0.3) is 0 Å². The van der Waals surface area contributed by atoms with Crippen LogP contribution in [0.4, 0.5) is 0 Å². The van der Waals surface area contributed by atoms with Crippen molar-refractivity contribution in [3.05, 3.63) is 0 Å². The summed E-state index contributed by atoms with van der Waals surface area (Å²) in [4.78, 5) is 0. The molecule has 0 spiro atoms. The highest BCUT2D eigenvalue weighted by molar-refractivity contribution is 8.28. The van der Waals surface area contributed by atoms with Gasteiger partial charge in [0, 0.05) is 0 Å². The second-order valence-electron chi connectivity index (χ2n) is 7.02. The molecule has 0 aliphatic carbocycles. The maximum absolute atomic E-state index is 6.12. The molecule has 92 valence electrons. The largest absolute Gasteiger partial charge is 0.409 e. The van der Waals surface area contributed by atoms with Crippen molar-refractivity contribution >= 4 is 26.8 Å². The monoisotopic (exact) mass is 264 g/mol. The molecule has 4 heteroatoms. The van der Waals surface area contributed by atoms with E-state index in [0.29, 0.717) is 5.41 Å². The summed E-state index contributed by atoms with van der Waals surface area (Å²) in [5, 5.41) is 0. The van der Waals surface area contributed by atoms with Gasteiger partial charge in [-0.2, -0.15) is 11.2 Å². The van der Waals surface area contributed by atoms with Crippen LogP contribution in [-0.4, -0.2) is 21.5 Å². The van der Waals surface area contributed by atoms with Crippen LogP contribution < -0.4 is 0 Å². The molecule has 0 fully saturated rings. The fourth-order valence-corrected chi connectivity index (χ4v) is 7.81. The van der Waals surface area contributed by atoms with Crippen molar-refractivity contribution in [1.29, 1.82) is 0 Å². The molecule has 0 amide bonds. The van der Waals surface area contributed by atoms with Gasteiger partial charge >= 0.3 is 0 Å². The van der Waals surface area contributed by atoms with E-state index < -0.39 is 15.5 Å². The first-order valence-corrected chi connectivity index (χ1v) is 14.0. The fourth-order valence-electron chi connectivity index (χ4n) is 1.69. The van der Waals surface area contributed by atoms with Crippen LogP contribution >= 0.6 is 11.2 Å². The van der Waals surface area contributed by atoms with Crippen molar-refractivity contribution in [1.82, 2.24) is 0 Å². The van der Waals surface area contributed by atoms with E-state index in [9.17, 15) is 0 Å². The average Bonchev–Trinajstić information content (AvgIpc) is 1.75. The van der Waals surface area contributed by atoms with Crippen LogP contribution in [0.3, 0.4) is 0 Å². The molecule has 0 aromatic heterocycles. The first-order chi connectivity index (χ1) is 6.41. The van der Waals surface area contributed by atoms with Crippen LogP contribution in [-0.2, 0) is 4.43 Å². The van der Waals surface area contributed by atoms with Crippen LogP contribution in [0.5, 0.6) is 0 Å². The lowest BCUT2D eigenvalue weighted by Crippen LogP contribution is -2.35. The van der Waals surface area contributed by atoms with Gasteiger partial charge in [-0.3, -0.25) is 0 Å². The Bertz CT molecular complexity index is 192. The Hall–Kier alpha value is 0.744. The highest BCUT2D eigenvalue weighted by Crippen LogP contribution is 2.30. The normalized spacial score (nSPS) is 14.4. The lowest BCUT2D eigenvalue weighted by atomic mass is 10.0. The van der Waals surface area contributed by atoms with Gasteiger partial charge in [-0.15, -0.1) is 0 Å². The highest BCUT2D eigenvalue weighted by atomic mass is 32.4. The van der Waals surface area contributed by atoms with E-state index in [-0.39, 0.29) is 0 Å². The van der Waals surface area contributed by atoms with Gasteiger partial charge in [0.05, 0.1) is 5.94 Å². The van der Waals surface area contributed by atoms with Crippen LogP contribution in [0, 0.1) is 5.41 Å². The minimum Gasteiger partial charge on any atom is -0.409 e. The molecule has 0 atom stereocenters. The van der Waals surface area contributed by atoms with Crippen molar-refractivity contribution < 1.29 is 4.43 Å². The van der Waals surface area contributed by atoms with E-state index in [1.165, 1.54) is 6.04 Å². The summed E-state index contributed by atoms with van der Waals surface area (Å²) in [6, 6.07) is 1.24. The molecule has 0 aromatic rings. The zero-order valence-electron chi connectivity index (χ0n) is 11.7. The molecule has 15 heavy (non-hydrogen) atoms. The number of rotatable bonds is 5. The molecule has 0 rings (SSSR count). The molecular weight excluding hydrogens is 236 g/mol. The van der Waals surface area contributed by atoms with Crippen LogP contribution in [0.2, 0.25) is 38.8 Å². The predicted octanol–water partition coefficient (Wildman–Crippen LogP) is 4.78. The Morgan fingerprint density at radius 1 is 1.00 bits per heavy atom. The van der Waals surface area contributed by atoms with Gasteiger partial charge in [-0.1, -0.05) is 40.4 Å². The zero-order valence-corrected chi connectivity index (χ0v) is 14.5. The Balaban J connectivity index is 3.95. The average molecular weight is 265 g/mol. The molecule has 0 aromatic carbocycles. The lowest BCUT2D eigenvalue weighted by Gasteiger charge is -2.31. The smallest absolute Gasteiger partial charge is 0.188 e. The minimum atomic E-state index is -1.44. The van der Waals surface area contributed by atoms with Crippen LogP contribution in [0.15, 0.2) is 0 Å². The van der Waals surface area contributed by atoms with E-state index in [4.69, 9.17) is 4.43 Å². The summed E-state index contributed by atoms with van der Waals surface area (Å²) < 4.78 is 6.12. The molecule has 0 unspecified atom stereocenters. The van der Waals surface area contributed by atoms with Crippen molar-refractivity contribution in [2.75, 3.05) is 5.94 Å². The van der Waals surface area contributed by atoms with Gasteiger partial charge in [-0.25, -0.2) is 0 Å². The summed E-state index contributed by atoms with van der Waals surface area (Å²) >= 11 is 2.04. The molecule has 0 radical (unpaired) electrons. The second-order valence-corrected chi connectivity index (χ2v) is 20.5. The summed E-state index contributed by atoms with van der Waals surface area (Å²) in [6.45, 7) is 18.7. The van der Waals surface area contributed by atoms with E-state index in [1.807, 2.05) is 11.2 Å². The van der Waals surface area contributed by atoms with Crippen molar-refractivity contribution in [2.45, 2.75) is 59.6 Å². The highest BCUT2D eigenvalue weighted by Gasteiger charge is 2.29. The third-order valence-corrected chi connectivity index (χ3v) is 9.00. The zero-order chi connectivity index (χ0) is 12.3. The molecule has 0 aliphatic heterocycles. The molecule has 0 heterocycles. The van der Waals surface area contributed by atoms with Crippen molar-refractivity contribution in [3.63, 3.8) is 0 Å². The van der Waals surface area contributed by atoms with Gasteiger partial charge in [0.2, 0.25) is 0 Å². The summed E-state index contributed by atoms with van der Waals surface area (Å²) in [7, 11) is -2.44. The number of hydrogen-bond acceptors (Lipinski definition) is 2. The summed E-state index contributed by atoms with van der Waals surface area (Å²) in [5.74, 6) is 0.908. The van der Waals surface area contributed by atoms with E-state index in [0.717, 1.165) is 5.94 Å². The van der Waals surface area contributed by atoms with Gasteiger partial charge in [0.15, 0.2) is 8.32 Å². The quantitative estimate of drug-likeness (QED) is 0.522. The third-order valence-electron chi connectivity index (χ3n) is 1.90.